The van der Waals surface area contributed by atoms with Crippen molar-refractivity contribution in [1.82, 2.24) is 9.97 Å². The van der Waals surface area contributed by atoms with Crippen molar-refractivity contribution < 1.29 is 9.59 Å². The molecule has 0 radical (unpaired) electrons. The summed E-state index contributed by atoms with van der Waals surface area (Å²) in [5.74, 6) is -0.354. The van der Waals surface area contributed by atoms with E-state index in [1.807, 2.05) is 0 Å². The van der Waals surface area contributed by atoms with Gasteiger partial charge in [-0.25, -0.2) is 9.97 Å². The van der Waals surface area contributed by atoms with E-state index in [1.54, 1.807) is 24.3 Å². The highest BCUT2D eigenvalue weighted by molar-refractivity contribution is 6.04. The summed E-state index contributed by atoms with van der Waals surface area (Å²) in [5.41, 5.74) is 3.76. The van der Waals surface area contributed by atoms with Gasteiger partial charge in [0.2, 0.25) is 5.91 Å². The van der Waals surface area contributed by atoms with E-state index in [-0.39, 0.29) is 11.8 Å². The quantitative estimate of drug-likeness (QED) is 0.912. The van der Waals surface area contributed by atoms with Gasteiger partial charge in [-0.2, -0.15) is 0 Å². The molecule has 118 valence electrons. The Kier molecular flexibility index (Phi) is 4.32. The van der Waals surface area contributed by atoms with Crippen LogP contribution in [0.15, 0.2) is 30.6 Å². The minimum absolute atomic E-state index is 0.130. The molecule has 1 aromatic carbocycles. The van der Waals surface area contributed by atoms with Gasteiger partial charge in [0.25, 0.3) is 5.91 Å². The number of rotatable bonds is 3. The number of hydrogen-bond donors (Lipinski definition) is 2. The lowest BCUT2D eigenvalue weighted by Crippen LogP contribution is -2.20. The molecular weight excluding hydrogens is 292 g/mol. The highest BCUT2D eigenvalue weighted by Crippen LogP contribution is 2.22. The molecule has 0 unspecified atom stereocenters. The fourth-order valence-corrected chi connectivity index (χ4v) is 2.75. The van der Waals surface area contributed by atoms with E-state index in [0.717, 1.165) is 36.9 Å². The second-order valence-corrected chi connectivity index (χ2v) is 5.57. The molecule has 0 bridgehead atoms. The number of carbonyl (C=O) groups excluding carboxylic acids is 2. The van der Waals surface area contributed by atoms with Crippen LogP contribution < -0.4 is 10.6 Å². The maximum Gasteiger partial charge on any atom is 0.274 e. The normalized spacial score (nSPS) is 13.1. The zero-order valence-corrected chi connectivity index (χ0v) is 12.9. The molecule has 0 atom stereocenters. The average molecular weight is 310 g/mol. The van der Waals surface area contributed by atoms with Crippen molar-refractivity contribution in [3.8, 4) is 0 Å². The standard InChI is InChI=1S/C17H18N4O2/c1-11(22)20-12-6-8-13(9-7-12)21-17(23)16-14-4-2-3-5-15(14)18-10-19-16/h6-10H,2-5H2,1H3,(H,20,22)(H,21,23). The predicted octanol–water partition coefficient (Wildman–Crippen LogP) is 2.57. The number of nitrogens with zero attached hydrogens (tertiary/aromatic N) is 2. The Morgan fingerprint density at radius 1 is 0.957 bits per heavy atom. The van der Waals surface area contributed by atoms with Crippen molar-refractivity contribution in [2.45, 2.75) is 32.6 Å². The molecule has 0 saturated heterocycles. The molecule has 1 aromatic heterocycles. The molecule has 2 aromatic rings. The summed E-state index contributed by atoms with van der Waals surface area (Å²) in [4.78, 5) is 31.9. The third-order valence-corrected chi connectivity index (χ3v) is 3.80. The van der Waals surface area contributed by atoms with Gasteiger partial charge >= 0.3 is 0 Å². The monoisotopic (exact) mass is 310 g/mol. The maximum absolute atomic E-state index is 12.5. The van der Waals surface area contributed by atoms with Crippen LogP contribution in [0.1, 0.15) is 41.5 Å². The second-order valence-electron chi connectivity index (χ2n) is 5.57. The zero-order valence-electron chi connectivity index (χ0n) is 12.9. The van der Waals surface area contributed by atoms with Gasteiger partial charge < -0.3 is 10.6 Å². The van der Waals surface area contributed by atoms with E-state index in [4.69, 9.17) is 0 Å². The van der Waals surface area contributed by atoms with Crippen LogP contribution >= 0.6 is 0 Å². The molecular formula is C17H18N4O2. The van der Waals surface area contributed by atoms with E-state index in [1.165, 1.54) is 13.3 Å². The highest BCUT2D eigenvalue weighted by atomic mass is 16.2. The van der Waals surface area contributed by atoms with Crippen molar-refractivity contribution in [3.05, 3.63) is 47.5 Å². The van der Waals surface area contributed by atoms with E-state index < -0.39 is 0 Å². The number of amides is 2. The minimum Gasteiger partial charge on any atom is -0.326 e. The molecule has 2 amide bonds. The van der Waals surface area contributed by atoms with Crippen LogP contribution in [0, 0.1) is 0 Å². The van der Waals surface area contributed by atoms with Crippen molar-refractivity contribution in [3.63, 3.8) is 0 Å². The first-order chi connectivity index (χ1) is 11.1. The summed E-state index contributed by atoms with van der Waals surface area (Å²) in [6.45, 7) is 1.45. The maximum atomic E-state index is 12.5. The van der Waals surface area contributed by atoms with Crippen LogP contribution in [0.2, 0.25) is 0 Å². The van der Waals surface area contributed by atoms with Gasteiger partial charge in [0.05, 0.1) is 0 Å². The average Bonchev–Trinajstić information content (AvgIpc) is 2.55. The Balaban J connectivity index is 1.76. The number of aryl methyl sites for hydroxylation is 1. The molecule has 0 saturated carbocycles. The molecule has 3 rings (SSSR count). The summed E-state index contributed by atoms with van der Waals surface area (Å²) in [6.07, 6.45) is 5.38. The fraction of sp³-hybridized carbons (Fsp3) is 0.294. The zero-order chi connectivity index (χ0) is 16.2. The lowest BCUT2D eigenvalue weighted by molar-refractivity contribution is -0.114. The lowest BCUT2D eigenvalue weighted by atomic mass is 9.94. The number of fused-ring (bicyclic) bond motifs is 1. The summed E-state index contributed by atoms with van der Waals surface area (Å²) in [6, 6.07) is 6.98. The molecule has 0 spiro atoms. The third-order valence-electron chi connectivity index (χ3n) is 3.80. The van der Waals surface area contributed by atoms with Gasteiger partial charge in [-0.15, -0.1) is 0 Å². The number of benzene rings is 1. The van der Waals surface area contributed by atoms with Crippen LogP contribution in [0.4, 0.5) is 11.4 Å². The van der Waals surface area contributed by atoms with Crippen LogP contribution in [0.5, 0.6) is 0 Å². The van der Waals surface area contributed by atoms with E-state index in [2.05, 4.69) is 20.6 Å². The molecule has 2 N–H and O–H groups in total. The van der Waals surface area contributed by atoms with Gasteiger partial charge in [-0.1, -0.05) is 0 Å². The second kappa shape index (κ2) is 6.56. The van der Waals surface area contributed by atoms with Gasteiger partial charge in [0.15, 0.2) is 0 Å². The first-order valence-electron chi connectivity index (χ1n) is 7.65. The largest absolute Gasteiger partial charge is 0.326 e. The highest BCUT2D eigenvalue weighted by Gasteiger charge is 2.20. The Bertz CT molecular complexity index is 741. The predicted molar refractivity (Wildman–Crippen MR) is 87.4 cm³/mol. The van der Waals surface area contributed by atoms with E-state index in [9.17, 15) is 9.59 Å². The summed E-state index contributed by atoms with van der Waals surface area (Å²) < 4.78 is 0. The molecule has 0 aliphatic heterocycles. The molecule has 6 heteroatoms. The SMILES string of the molecule is CC(=O)Nc1ccc(NC(=O)c2ncnc3c2CCCC3)cc1. The van der Waals surface area contributed by atoms with Crippen LogP contribution in [-0.4, -0.2) is 21.8 Å². The van der Waals surface area contributed by atoms with Gasteiger partial charge in [0, 0.05) is 29.6 Å². The Morgan fingerprint density at radius 3 is 2.30 bits per heavy atom. The number of hydrogen-bond acceptors (Lipinski definition) is 4. The number of aromatic nitrogens is 2. The molecule has 6 nitrogen and oxygen atoms in total. The fourth-order valence-electron chi connectivity index (χ4n) is 2.75. The molecule has 1 heterocycles. The van der Waals surface area contributed by atoms with Crippen molar-refractivity contribution in [2.24, 2.45) is 0 Å². The molecule has 23 heavy (non-hydrogen) atoms. The number of anilines is 2. The van der Waals surface area contributed by atoms with Crippen LogP contribution in [0.3, 0.4) is 0 Å². The summed E-state index contributed by atoms with van der Waals surface area (Å²) >= 11 is 0. The van der Waals surface area contributed by atoms with Gasteiger partial charge in [0.1, 0.15) is 12.0 Å². The number of nitrogens with one attached hydrogen (secondary N) is 2. The van der Waals surface area contributed by atoms with Crippen LogP contribution in [0.25, 0.3) is 0 Å². The van der Waals surface area contributed by atoms with Crippen LogP contribution in [-0.2, 0) is 17.6 Å². The third kappa shape index (κ3) is 3.53. The first kappa shape index (κ1) is 15.1. The van der Waals surface area contributed by atoms with E-state index in [0.29, 0.717) is 17.1 Å². The molecule has 0 fully saturated rings. The molecule has 1 aliphatic carbocycles. The minimum atomic E-state index is -0.224. The lowest BCUT2D eigenvalue weighted by Gasteiger charge is -2.16. The number of carbonyl (C=O) groups is 2. The van der Waals surface area contributed by atoms with Crippen molar-refractivity contribution in [1.29, 1.82) is 0 Å². The van der Waals surface area contributed by atoms with Gasteiger partial charge in [-0.3, -0.25) is 9.59 Å². The van der Waals surface area contributed by atoms with Crippen molar-refractivity contribution in [2.75, 3.05) is 10.6 Å². The summed E-state index contributed by atoms with van der Waals surface area (Å²) in [5, 5.41) is 5.53. The summed E-state index contributed by atoms with van der Waals surface area (Å²) in [7, 11) is 0. The molecule has 1 aliphatic rings. The Morgan fingerprint density at radius 2 is 1.61 bits per heavy atom. The Hall–Kier alpha value is -2.76. The topological polar surface area (TPSA) is 84.0 Å². The van der Waals surface area contributed by atoms with E-state index >= 15 is 0 Å². The van der Waals surface area contributed by atoms with Gasteiger partial charge in [-0.05, 0) is 49.9 Å². The smallest absolute Gasteiger partial charge is 0.274 e. The Labute approximate surface area is 134 Å². The first-order valence-corrected chi connectivity index (χ1v) is 7.65. The van der Waals surface area contributed by atoms with Crippen molar-refractivity contribution >= 4 is 23.2 Å².